The average Bonchev–Trinajstić information content (AvgIpc) is 3.22. The van der Waals surface area contributed by atoms with E-state index in [0.29, 0.717) is 44.2 Å². The van der Waals surface area contributed by atoms with Crippen LogP contribution in [0.1, 0.15) is 48.2 Å². The fourth-order valence-electron chi connectivity index (χ4n) is 5.48. The molecule has 9 nitrogen and oxygen atoms in total. The van der Waals surface area contributed by atoms with Crippen LogP contribution in [0, 0.1) is 5.92 Å². The molecule has 2 aliphatic rings. The number of hydrogen-bond acceptors (Lipinski definition) is 6. The number of rotatable bonds is 8. The van der Waals surface area contributed by atoms with E-state index < -0.39 is 18.0 Å². The molecule has 1 N–H and O–H groups in total. The van der Waals surface area contributed by atoms with Gasteiger partial charge < -0.3 is 14.8 Å². The van der Waals surface area contributed by atoms with Gasteiger partial charge >= 0.3 is 5.69 Å². The number of alkyl halides is 2. The third-order valence-electron chi connectivity index (χ3n) is 7.67. The third kappa shape index (κ3) is 5.69. The first-order valence-electron chi connectivity index (χ1n) is 13.5. The number of benzene rings is 1. The molecule has 12 heteroatoms. The Balaban J connectivity index is 1.14. The quantitative estimate of drug-likeness (QED) is 0.315. The summed E-state index contributed by atoms with van der Waals surface area (Å²) in [4.78, 5) is 34.5. The van der Waals surface area contributed by atoms with Crippen molar-refractivity contribution in [1.29, 1.82) is 0 Å². The van der Waals surface area contributed by atoms with Crippen LogP contribution in [0.25, 0.3) is 16.7 Å². The maximum absolute atomic E-state index is 13.7. The van der Waals surface area contributed by atoms with E-state index >= 15 is 0 Å². The number of ether oxygens (including phenoxy) is 2. The third-order valence-corrected chi connectivity index (χ3v) is 7.88. The van der Waals surface area contributed by atoms with E-state index in [1.165, 1.54) is 6.07 Å². The van der Waals surface area contributed by atoms with Crippen LogP contribution in [0.4, 0.5) is 8.78 Å². The Kier molecular flexibility index (Phi) is 7.72. The van der Waals surface area contributed by atoms with Crippen molar-refractivity contribution in [2.45, 2.75) is 50.8 Å². The zero-order valence-corrected chi connectivity index (χ0v) is 22.8. The van der Waals surface area contributed by atoms with Crippen molar-refractivity contribution in [2.24, 2.45) is 5.92 Å². The van der Waals surface area contributed by atoms with Gasteiger partial charge in [-0.3, -0.25) is 18.9 Å². The lowest BCUT2D eigenvalue weighted by molar-refractivity contribution is -0.0813. The number of fused-ring (bicyclic) bond motifs is 1. The molecule has 1 amide bonds. The highest BCUT2D eigenvalue weighted by Crippen LogP contribution is 2.29. The van der Waals surface area contributed by atoms with Crippen molar-refractivity contribution in [3.8, 4) is 11.6 Å². The zero-order chi connectivity index (χ0) is 28.5. The van der Waals surface area contributed by atoms with Gasteiger partial charge in [-0.1, -0.05) is 23.7 Å². The Labute approximate surface area is 239 Å². The predicted octanol–water partition coefficient (Wildman–Crippen LogP) is 4.94. The van der Waals surface area contributed by atoms with Crippen LogP contribution < -0.4 is 15.7 Å². The maximum atomic E-state index is 13.7. The van der Waals surface area contributed by atoms with Crippen LogP contribution >= 0.6 is 11.6 Å². The second kappa shape index (κ2) is 11.6. The number of hydrogen-bond donors (Lipinski definition) is 1. The minimum absolute atomic E-state index is 0.00496. The van der Waals surface area contributed by atoms with Gasteiger partial charge in [-0.05, 0) is 55.9 Å². The molecule has 214 valence electrons. The van der Waals surface area contributed by atoms with Gasteiger partial charge in [0.15, 0.2) is 0 Å². The lowest BCUT2D eigenvalue weighted by atomic mass is 9.85. The number of aromatic nitrogens is 4. The predicted molar refractivity (Wildman–Crippen MR) is 148 cm³/mol. The monoisotopic (exact) mass is 583 g/mol. The Morgan fingerprint density at radius 1 is 1.07 bits per heavy atom. The summed E-state index contributed by atoms with van der Waals surface area (Å²) < 4.78 is 41.1. The fraction of sp³-hybridized carbons (Fsp3) is 0.379. The summed E-state index contributed by atoms with van der Waals surface area (Å²) in [5.74, 6) is 0.0898. The molecule has 1 aromatic carbocycles. The van der Waals surface area contributed by atoms with Gasteiger partial charge in [0.05, 0.1) is 46.7 Å². The molecule has 0 unspecified atom stereocenters. The molecule has 0 spiro atoms. The fourth-order valence-corrected chi connectivity index (χ4v) is 5.64. The minimum atomic E-state index is -2.88. The Morgan fingerprint density at radius 2 is 1.83 bits per heavy atom. The van der Waals surface area contributed by atoms with Gasteiger partial charge in [-0.2, -0.15) is 0 Å². The summed E-state index contributed by atoms with van der Waals surface area (Å²) in [5, 5.41) is 2.99. The van der Waals surface area contributed by atoms with Gasteiger partial charge in [-0.25, -0.2) is 18.6 Å². The Bertz CT molecular complexity index is 1610. The lowest BCUT2D eigenvalue weighted by Gasteiger charge is -2.29. The highest BCUT2D eigenvalue weighted by atomic mass is 35.5. The molecule has 41 heavy (non-hydrogen) atoms. The number of pyridine rings is 2. The first-order chi connectivity index (χ1) is 19.9. The number of halogens is 3. The van der Waals surface area contributed by atoms with E-state index in [4.69, 9.17) is 21.1 Å². The summed E-state index contributed by atoms with van der Waals surface area (Å²) in [5.41, 5.74) is 1.31. The molecule has 1 aliphatic heterocycles. The smallest absolute Gasteiger partial charge is 0.333 e. The molecule has 0 atom stereocenters. The first kappa shape index (κ1) is 27.3. The average molecular weight is 584 g/mol. The van der Waals surface area contributed by atoms with E-state index in [2.05, 4.69) is 15.3 Å². The van der Waals surface area contributed by atoms with Crippen molar-refractivity contribution >= 4 is 28.5 Å². The number of amides is 1. The topological polar surface area (TPSA) is 100 Å². The van der Waals surface area contributed by atoms with Crippen molar-refractivity contribution in [3.05, 3.63) is 81.6 Å². The number of nitrogens with zero attached hydrogens (tertiary/aromatic N) is 4. The molecular weight excluding hydrogens is 556 g/mol. The van der Waals surface area contributed by atoms with Crippen LogP contribution in [0.3, 0.4) is 0 Å². The van der Waals surface area contributed by atoms with Crippen LogP contribution in [0.15, 0.2) is 59.7 Å². The molecule has 3 aromatic heterocycles. The van der Waals surface area contributed by atoms with E-state index in [-0.39, 0.29) is 34.3 Å². The van der Waals surface area contributed by atoms with E-state index in [1.54, 1.807) is 21.4 Å². The van der Waals surface area contributed by atoms with E-state index in [9.17, 15) is 18.4 Å². The molecule has 1 saturated carbocycles. The lowest BCUT2D eigenvalue weighted by Crippen LogP contribution is -2.39. The first-order valence-corrected chi connectivity index (χ1v) is 13.9. The van der Waals surface area contributed by atoms with Gasteiger partial charge in [-0.15, -0.1) is 0 Å². The summed E-state index contributed by atoms with van der Waals surface area (Å²) in [6, 6.07) is 12.3. The number of carbonyl (C=O) groups is 1. The van der Waals surface area contributed by atoms with Crippen molar-refractivity contribution in [3.63, 3.8) is 0 Å². The van der Waals surface area contributed by atoms with Crippen molar-refractivity contribution < 1.29 is 23.0 Å². The minimum Gasteiger partial charge on any atom is -0.469 e. The van der Waals surface area contributed by atoms with Crippen LogP contribution in [0.2, 0.25) is 5.02 Å². The van der Waals surface area contributed by atoms with Crippen LogP contribution in [0.5, 0.6) is 5.88 Å². The molecular formula is C29H28ClF2N5O4. The number of imidazole rings is 1. The molecule has 4 heterocycles. The Morgan fingerprint density at radius 3 is 2.49 bits per heavy atom. The molecule has 0 bridgehead atoms. The maximum Gasteiger partial charge on any atom is 0.333 e. The summed E-state index contributed by atoms with van der Waals surface area (Å²) in [7, 11) is 0. The molecule has 0 radical (unpaired) electrons. The van der Waals surface area contributed by atoms with Crippen molar-refractivity contribution in [1.82, 2.24) is 24.4 Å². The number of para-hydroxylation sites is 2. The van der Waals surface area contributed by atoms with Gasteiger partial charge in [0.25, 0.3) is 12.3 Å². The highest BCUT2D eigenvalue weighted by Gasteiger charge is 2.27. The molecule has 4 aromatic rings. The summed E-state index contributed by atoms with van der Waals surface area (Å²) in [6.07, 6.45) is 2.74. The zero-order valence-electron chi connectivity index (χ0n) is 22.0. The van der Waals surface area contributed by atoms with E-state index in [0.717, 1.165) is 30.1 Å². The normalized spacial score (nSPS) is 19.3. The summed E-state index contributed by atoms with van der Waals surface area (Å²) in [6.45, 7) is 1.62. The molecule has 2 fully saturated rings. The number of carbonyl (C=O) groups excluding carboxylic acids is 1. The molecule has 6 rings (SSSR count). The summed E-state index contributed by atoms with van der Waals surface area (Å²) >= 11 is 5.90. The van der Waals surface area contributed by atoms with Gasteiger partial charge in [0, 0.05) is 24.8 Å². The second-order valence-electron chi connectivity index (χ2n) is 10.4. The Hall–Kier alpha value is -3.83. The highest BCUT2D eigenvalue weighted by molar-refractivity contribution is 6.30. The SMILES string of the molecule is O=C(NC1CCC(Cn2c(=O)n(-c3ccc(OC4COC4)nc3)c3ccccc32)CC1)c1cc(Cl)cnc1C(F)F. The van der Waals surface area contributed by atoms with Gasteiger partial charge in [0.2, 0.25) is 5.88 Å². The van der Waals surface area contributed by atoms with Gasteiger partial charge in [0.1, 0.15) is 11.8 Å². The largest absolute Gasteiger partial charge is 0.469 e. The van der Waals surface area contributed by atoms with Crippen LogP contribution in [-0.2, 0) is 11.3 Å². The standard InChI is InChI=1S/C29H28ClF2N5O4/c30-18-11-22(26(27(31)32)34-12-18)28(38)35-19-7-5-17(6-8-19)14-36-23-3-1-2-4-24(23)37(29(36)39)20-9-10-25(33-13-20)41-21-15-40-16-21/h1-4,9-13,17,19,21,27H,5-8,14-16H2,(H,35,38). The molecule has 1 saturated heterocycles. The second-order valence-corrected chi connectivity index (χ2v) is 10.9. The molecule has 1 aliphatic carbocycles. The number of nitrogens with one attached hydrogen (secondary N) is 1. The van der Waals surface area contributed by atoms with Crippen LogP contribution in [-0.4, -0.2) is 50.4 Å². The van der Waals surface area contributed by atoms with E-state index in [1.807, 2.05) is 30.3 Å². The van der Waals surface area contributed by atoms with Crippen molar-refractivity contribution in [2.75, 3.05) is 13.2 Å².